The highest BCUT2D eigenvalue weighted by Crippen LogP contribution is 2.55. The first kappa shape index (κ1) is 22.3. The summed E-state index contributed by atoms with van der Waals surface area (Å²) < 4.78 is 12.5. The molecule has 36 heavy (non-hydrogen) atoms. The molecule has 4 aromatic carbocycles. The molecule has 0 aliphatic heterocycles. The number of carbonyl (C=O) groups is 2. The summed E-state index contributed by atoms with van der Waals surface area (Å²) in [5.41, 5.74) is 7.75. The van der Waals surface area contributed by atoms with Crippen molar-refractivity contribution in [2.45, 2.75) is 37.9 Å². The molecule has 2 bridgehead atoms. The maximum atomic E-state index is 13.3. The third-order valence-corrected chi connectivity index (χ3v) is 7.31. The number of ether oxygens (including phenoxy) is 2. The largest absolute Gasteiger partial charge is 0.454 e. The third-order valence-electron chi connectivity index (χ3n) is 7.31. The van der Waals surface area contributed by atoms with Crippen LogP contribution in [0.2, 0.25) is 0 Å². The zero-order valence-electron chi connectivity index (χ0n) is 20.2. The monoisotopic (exact) mass is 474 g/mol. The van der Waals surface area contributed by atoms with E-state index in [0.717, 1.165) is 33.4 Å². The SMILES string of the molecule is Cc1ccc2c(c1)C1c3ccc(C)cc3C2C(OC(=O)c2ccccc2)C1OC(=O)c1ccccc1. The van der Waals surface area contributed by atoms with Crippen LogP contribution in [0.4, 0.5) is 0 Å². The molecule has 4 unspecified atom stereocenters. The van der Waals surface area contributed by atoms with Crippen LogP contribution in [0.15, 0.2) is 97.1 Å². The predicted octanol–water partition coefficient (Wildman–Crippen LogP) is 6.35. The molecule has 4 heteroatoms. The van der Waals surface area contributed by atoms with Gasteiger partial charge in [0.05, 0.1) is 23.0 Å². The first-order valence-corrected chi connectivity index (χ1v) is 12.2. The van der Waals surface area contributed by atoms with Crippen molar-refractivity contribution in [2.24, 2.45) is 0 Å². The van der Waals surface area contributed by atoms with E-state index in [1.165, 1.54) is 0 Å². The molecule has 4 atom stereocenters. The van der Waals surface area contributed by atoms with Crippen LogP contribution in [0, 0.1) is 13.8 Å². The molecular weight excluding hydrogens is 448 g/mol. The van der Waals surface area contributed by atoms with E-state index in [1.807, 2.05) is 36.4 Å². The highest BCUT2D eigenvalue weighted by Gasteiger charge is 2.54. The summed E-state index contributed by atoms with van der Waals surface area (Å²) in [4.78, 5) is 26.5. The maximum absolute atomic E-state index is 13.3. The van der Waals surface area contributed by atoms with Crippen molar-refractivity contribution in [1.29, 1.82) is 0 Å². The molecule has 4 nitrogen and oxygen atoms in total. The van der Waals surface area contributed by atoms with Crippen LogP contribution in [0.3, 0.4) is 0 Å². The predicted molar refractivity (Wildman–Crippen MR) is 137 cm³/mol. The molecule has 0 fully saturated rings. The fourth-order valence-corrected chi connectivity index (χ4v) is 5.72. The lowest BCUT2D eigenvalue weighted by Crippen LogP contribution is -2.51. The average Bonchev–Trinajstić information content (AvgIpc) is 2.90. The molecule has 3 aliphatic rings. The Morgan fingerprint density at radius 1 is 0.528 bits per heavy atom. The van der Waals surface area contributed by atoms with Crippen LogP contribution in [0.1, 0.15) is 65.9 Å². The highest BCUT2D eigenvalue weighted by atomic mass is 16.6. The molecule has 0 saturated carbocycles. The normalized spacial score (nSPS) is 21.3. The van der Waals surface area contributed by atoms with E-state index in [9.17, 15) is 9.59 Å². The summed E-state index contributed by atoms with van der Waals surface area (Å²) >= 11 is 0. The number of benzene rings is 4. The van der Waals surface area contributed by atoms with Crippen molar-refractivity contribution >= 4 is 11.9 Å². The van der Waals surface area contributed by atoms with Crippen molar-refractivity contribution in [3.05, 3.63) is 142 Å². The first-order valence-electron chi connectivity index (χ1n) is 12.2. The maximum Gasteiger partial charge on any atom is 0.338 e. The van der Waals surface area contributed by atoms with Crippen LogP contribution in [-0.2, 0) is 9.47 Å². The third kappa shape index (κ3) is 3.70. The van der Waals surface area contributed by atoms with Gasteiger partial charge in [-0.1, -0.05) is 83.9 Å². The lowest BCUT2D eigenvalue weighted by Gasteiger charge is -2.49. The van der Waals surface area contributed by atoms with Gasteiger partial charge in [-0.15, -0.1) is 0 Å². The summed E-state index contributed by atoms with van der Waals surface area (Å²) in [6.07, 6.45) is -1.31. The highest BCUT2D eigenvalue weighted by molar-refractivity contribution is 5.90. The van der Waals surface area contributed by atoms with Gasteiger partial charge in [-0.05, 0) is 60.4 Å². The second-order valence-electron chi connectivity index (χ2n) is 9.69. The minimum absolute atomic E-state index is 0.235. The van der Waals surface area contributed by atoms with Gasteiger partial charge >= 0.3 is 11.9 Å². The molecule has 4 aromatic rings. The van der Waals surface area contributed by atoms with Gasteiger partial charge < -0.3 is 9.47 Å². The molecule has 178 valence electrons. The van der Waals surface area contributed by atoms with E-state index >= 15 is 0 Å². The number of aryl methyl sites for hydroxylation is 2. The molecule has 7 rings (SSSR count). The molecule has 3 aliphatic carbocycles. The van der Waals surface area contributed by atoms with E-state index in [4.69, 9.17) is 9.47 Å². The molecule has 0 heterocycles. The summed E-state index contributed by atoms with van der Waals surface area (Å²) in [5.74, 6) is -1.31. The lowest BCUT2D eigenvalue weighted by molar-refractivity contribution is -0.0557. The van der Waals surface area contributed by atoms with Crippen molar-refractivity contribution in [1.82, 2.24) is 0 Å². The minimum atomic E-state index is -0.653. The van der Waals surface area contributed by atoms with Gasteiger partial charge in [0, 0.05) is 0 Å². The number of carbonyl (C=O) groups excluding carboxylic acids is 2. The molecule has 0 amide bonds. The smallest absolute Gasteiger partial charge is 0.338 e. The number of rotatable bonds is 4. The van der Waals surface area contributed by atoms with E-state index in [1.54, 1.807) is 24.3 Å². The Morgan fingerprint density at radius 3 is 1.31 bits per heavy atom. The molecule has 0 saturated heterocycles. The quantitative estimate of drug-likeness (QED) is 0.324. The summed E-state index contributed by atoms with van der Waals surface area (Å²) in [7, 11) is 0. The van der Waals surface area contributed by atoms with E-state index in [2.05, 4.69) is 50.2 Å². The average molecular weight is 475 g/mol. The van der Waals surface area contributed by atoms with Gasteiger partial charge in [0.1, 0.15) is 0 Å². The Labute approximate surface area is 210 Å². The van der Waals surface area contributed by atoms with Crippen LogP contribution in [-0.4, -0.2) is 24.1 Å². The second-order valence-corrected chi connectivity index (χ2v) is 9.69. The first-order chi connectivity index (χ1) is 17.5. The van der Waals surface area contributed by atoms with Gasteiger partial charge in [0.2, 0.25) is 0 Å². The summed E-state index contributed by atoms with van der Waals surface area (Å²) in [5, 5.41) is 0. The number of hydrogen-bond acceptors (Lipinski definition) is 4. The zero-order valence-corrected chi connectivity index (χ0v) is 20.2. The Kier molecular flexibility index (Phi) is 5.45. The number of hydrogen-bond donors (Lipinski definition) is 0. The standard InChI is InChI=1S/C32H26O4/c1-19-13-15-23-25(17-19)27-24-16-14-20(2)18-26(24)28(23)30(36-32(34)22-11-7-4-8-12-22)29(27)35-31(33)21-9-5-3-6-10-21/h3-18,27-30H,1-2H3. The molecule has 0 aromatic heterocycles. The van der Waals surface area contributed by atoms with Gasteiger partial charge in [0.25, 0.3) is 0 Å². The molecule has 0 radical (unpaired) electrons. The zero-order chi connectivity index (χ0) is 24.8. The fourth-order valence-electron chi connectivity index (χ4n) is 5.72. The topological polar surface area (TPSA) is 52.6 Å². The Hall–Kier alpha value is -4.18. The van der Waals surface area contributed by atoms with Crippen LogP contribution in [0.5, 0.6) is 0 Å². The van der Waals surface area contributed by atoms with Crippen molar-refractivity contribution < 1.29 is 19.1 Å². The Morgan fingerprint density at radius 2 is 0.917 bits per heavy atom. The van der Waals surface area contributed by atoms with Crippen LogP contribution < -0.4 is 0 Å². The van der Waals surface area contributed by atoms with Crippen LogP contribution in [0.25, 0.3) is 0 Å². The Bertz CT molecular complexity index is 1350. The summed E-state index contributed by atoms with van der Waals surface area (Å²) in [6.45, 7) is 4.13. The van der Waals surface area contributed by atoms with Gasteiger partial charge in [-0.2, -0.15) is 0 Å². The van der Waals surface area contributed by atoms with Gasteiger partial charge in [-0.3, -0.25) is 0 Å². The minimum Gasteiger partial charge on any atom is -0.454 e. The number of fused-ring (bicyclic) bond motifs is 1. The van der Waals surface area contributed by atoms with Crippen molar-refractivity contribution in [3.63, 3.8) is 0 Å². The van der Waals surface area contributed by atoms with E-state index in [-0.39, 0.29) is 11.8 Å². The van der Waals surface area contributed by atoms with Crippen LogP contribution >= 0.6 is 0 Å². The molecule has 0 spiro atoms. The number of esters is 2. The lowest BCUT2D eigenvalue weighted by atomic mass is 9.60. The van der Waals surface area contributed by atoms with Gasteiger partial charge in [-0.25, -0.2) is 9.59 Å². The Balaban J connectivity index is 1.49. The molecule has 0 N–H and O–H groups in total. The van der Waals surface area contributed by atoms with E-state index in [0.29, 0.717) is 11.1 Å². The molecular formula is C32H26O4. The van der Waals surface area contributed by atoms with Gasteiger partial charge in [0.15, 0.2) is 12.2 Å². The van der Waals surface area contributed by atoms with Crippen molar-refractivity contribution in [2.75, 3.05) is 0 Å². The summed E-state index contributed by atoms with van der Waals surface area (Å²) in [6, 6.07) is 30.7. The fraction of sp³-hybridized carbons (Fsp3) is 0.188. The van der Waals surface area contributed by atoms with E-state index < -0.39 is 24.1 Å². The van der Waals surface area contributed by atoms with Crippen molar-refractivity contribution in [3.8, 4) is 0 Å². The second kappa shape index (κ2) is 8.80.